The number of aliphatic carboxylic acids is 1. The number of thioether (sulfide) groups is 1. The summed E-state index contributed by atoms with van der Waals surface area (Å²) in [6.45, 7) is 7.79. The summed E-state index contributed by atoms with van der Waals surface area (Å²) in [6, 6.07) is 0.366. The van der Waals surface area contributed by atoms with Crippen molar-refractivity contribution >= 4 is 23.6 Å². The van der Waals surface area contributed by atoms with E-state index >= 15 is 0 Å². The normalized spacial score (nSPS) is 37.7. The lowest BCUT2D eigenvalue weighted by atomic mass is 9.79. The van der Waals surface area contributed by atoms with E-state index in [0.29, 0.717) is 11.3 Å². The van der Waals surface area contributed by atoms with E-state index in [-0.39, 0.29) is 23.6 Å². The fourth-order valence-corrected chi connectivity index (χ4v) is 6.66. The molecule has 4 heterocycles. The van der Waals surface area contributed by atoms with E-state index in [1.165, 1.54) is 17.7 Å². The maximum atomic E-state index is 12.4. The predicted octanol–water partition coefficient (Wildman–Crippen LogP) is 0.700. The number of hydrogen-bond acceptors (Lipinski definition) is 6. The minimum atomic E-state index is -1.03. The van der Waals surface area contributed by atoms with Crippen molar-refractivity contribution in [3.8, 4) is 0 Å². The van der Waals surface area contributed by atoms with Crippen LogP contribution in [0.1, 0.15) is 33.1 Å². The molecule has 150 valence electrons. The number of rotatable bonds is 6. The minimum Gasteiger partial charge on any atom is -0.477 e. The summed E-state index contributed by atoms with van der Waals surface area (Å²) in [6.07, 6.45) is 2.78. The van der Waals surface area contributed by atoms with Crippen LogP contribution in [0.3, 0.4) is 0 Å². The van der Waals surface area contributed by atoms with Gasteiger partial charge in [-0.15, -0.1) is 11.8 Å². The van der Waals surface area contributed by atoms with E-state index in [1.54, 1.807) is 18.7 Å². The molecule has 0 bridgehead atoms. The Kier molecular flexibility index (Phi) is 5.26. The van der Waals surface area contributed by atoms with Crippen LogP contribution in [0.25, 0.3) is 0 Å². The molecule has 8 heteroatoms. The number of carbonyl (C=O) groups is 2. The van der Waals surface area contributed by atoms with Crippen molar-refractivity contribution in [2.24, 2.45) is 11.8 Å². The van der Waals surface area contributed by atoms with Gasteiger partial charge in [0.05, 0.1) is 18.1 Å². The minimum absolute atomic E-state index is 0.0380. The first-order valence-corrected chi connectivity index (χ1v) is 10.9. The van der Waals surface area contributed by atoms with Gasteiger partial charge in [0, 0.05) is 35.2 Å². The molecule has 6 atom stereocenters. The number of amides is 1. The molecule has 0 aliphatic carbocycles. The van der Waals surface area contributed by atoms with Gasteiger partial charge in [-0.3, -0.25) is 4.79 Å². The van der Waals surface area contributed by atoms with Gasteiger partial charge in [-0.2, -0.15) is 0 Å². The Morgan fingerprint density at radius 2 is 2.19 bits per heavy atom. The van der Waals surface area contributed by atoms with Gasteiger partial charge < -0.3 is 25.3 Å². The van der Waals surface area contributed by atoms with Gasteiger partial charge in [0.15, 0.2) is 0 Å². The number of fused-ring (bicyclic) bond motifs is 1. The van der Waals surface area contributed by atoms with Crippen molar-refractivity contribution in [3.63, 3.8) is 0 Å². The Balaban J connectivity index is 1.45. The lowest BCUT2D eigenvalue weighted by Crippen LogP contribution is -2.63. The number of aliphatic hydroxyl groups is 1. The third kappa shape index (κ3) is 3.30. The smallest absolute Gasteiger partial charge is 0.353 e. The van der Waals surface area contributed by atoms with Gasteiger partial charge in [0.1, 0.15) is 5.70 Å². The van der Waals surface area contributed by atoms with Gasteiger partial charge in [0.25, 0.3) is 0 Å². The fraction of sp³-hybridized carbons (Fsp3) is 0.789. The van der Waals surface area contributed by atoms with Crippen molar-refractivity contribution in [1.82, 2.24) is 15.1 Å². The van der Waals surface area contributed by atoms with Crippen LogP contribution >= 0.6 is 11.8 Å². The van der Waals surface area contributed by atoms with Crippen LogP contribution in [0.5, 0.6) is 0 Å². The summed E-state index contributed by atoms with van der Waals surface area (Å²) >= 11 is 1.65. The van der Waals surface area contributed by atoms with Crippen molar-refractivity contribution < 1.29 is 19.8 Å². The summed E-state index contributed by atoms with van der Waals surface area (Å²) in [4.78, 5) is 29.0. The van der Waals surface area contributed by atoms with Gasteiger partial charge >= 0.3 is 5.97 Å². The topological polar surface area (TPSA) is 93.1 Å². The van der Waals surface area contributed by atoms with Crippen LogP contribution in [0.2, 0.25) is 0 Å². The number of likely N-dealkylation sites (tertiary alicyclic amines) is 1. The largest absolute Gasteiger partial charge is 0.477 e. The highest BCUT2D eigenvalue weighted by Crippen LogP contribution is 2.51. The molecule has 0 aromatic carbocycles. The van der Waals surface area contributed by atoms with Crippen molar-refractivity contribution in [3.05, 3.63) is 10.6 Å². The average molecular weight is 396 g/mol. The first-order chi connectivity index (χ1) is 12.9. The molecule has 4 rings (SSSR count). The molecule has 0 aromatic rings. The second kappa shape index (κ2) is 7.39. The summed E-state index contributed by atoms with van der Waals surface area (Å²) in [5.41, 5.74) is 0.148. The number of carboxylic acids is 1. The molecule has 3 N–H and O–H groups in total. The highest BCUT2D eigenvalue weighted by molar-refractivity contribution is 8.03. The zero-order valence-corrected chi connectivity index (χ0v) is 16.7. The van der Waals surface area contributed by atoms with Gasteiger partial charge in [0.2, 0.25) is 5.91 Å². The number of hydrogen-bond donors (Lipinski definition) is 3. The van der Waals surface area contributed by atoms with Crippen molar-refractivity contribution in [1.29, 1.82) is 0 Å². The zero-order valence-electron chi connectivity index (χ0n) is 15.9. The van der Waals surface area contributed by atoms with Crippen LogP contribution in [0.4, 0.5) is 0 Å². The first kappa shape index (κ1) is 19.2. The zero-order chi connectivity index (χ0) is 19.3. The molecule has 0 saturated carbocycles. The molecule has 0 spiro atoms. The Bertz CT molecular complexity index is 661. The molecule has 7 nitrogen and oxygen atoms in total. The highest BCUT2D eigenvalue weighted by atomic mass is 32.2. The third-order valence-electron chi connectivity index (χ3n) is 6.47. The van der Waals surface area contributed by atoms with E-state index < -0.39 is 18.0 Å². The number of carbonyl (C=O) groups excluding carboxylic acids is 1. The van der Waals surface area contributed by atoms with Crippen LogP contribution in [-0.4, -0.2) is 81.5 Å². The van der Waals surface area contributed by atoms with E-state index in [1.807, 2.05) is 6.92 Å². The molecule has 1 amide bonds. The van der Waals surface area contributed by atoms with Gasteiger partial charge in [-0.05, 0) is 39.3 Å². The first-order valence-electron chi connectivity index (χ1n) is 9.99. The summed E-state index contributed by atoms with van der Waals surface area (Å²) in [5, 5.41) is 23.6. The van der Waals surface area contributed by atoms with E-state index in [2.05, 4.69) is 10.2 Å². The molecule has 27 heavy (non-hydrogen) atoms. The number of carboxylic acid groups (broad SMARTS) is 1. The van der Waals surface area contributed by atoms with E-state index in [0.717, 1.165) is 37.5 Å². The van der Waals surface area contributed by atoms with Crippen LogP contribution in [0.15, 0.2) is 10.6 Å². The number of aliphatic hydroxyl groups excluding tert-OH is 1. The van der Waals surface area contributed by atoms with Crippen LogP contribution < -0.4 is 5.32 Å². The summed E-state index contributed by atoms with van der Waals surface area (Å²) in [7, 11) is 0. The fourth-order valence-electron chi connectivity index (χ4n) is 5.14. The second-order valence-electron chi connectivity index (χ2n) is 8.35. The Morgan fingerprint density at radius 1 is 1.41 bits per heavy atom. The monoisotopic (exact) mass is 395 g/mol. The number of β-lactam (4-membered cyclic amide) rings is 1. The van der Waals surface area contributed by atoms with Crippen molar-refractivity contribution in [2.45, 2.75) is 56.5 Å². The maximum Gasteiger partial charge on any atom is 0.353 e. The third-order valence-corrected chi connectivity index (χ3v) is 8.01. The summed E-state index contributed by atoms with van der Waals surface area (Å²) < 4.78 is 0. The average Bonchev–Trinajstić information content (AvgIpc) is 3.30. The van der Waals surface area contributed by atoms with Crippen LogP contribution in [-0.2, 0) is 9.59 Å². The number of nitrogens with zero attached hydrogens (tertiary/aromatic N) is 2. The highest BCUT2D eigenvalue weighted by Gasteiger charge is 2.60. The van der Waals surface area contributed by atoms with Crippen LogP contribution in [0, 0.1) is 11.8 Å². The molecule has 0 radical (unpaired) electrons. The predicted molar refractivity (Wildman–Crippen MR) is 103 cm³/mol. The lowest BCUT2D eigenvalue weighted by Gasteiger charge is -2.46. The Morgan fingerprint density at radius 3 is 2.81 bits per heavy atom. The quantitative estimate of drug-likeness (QED) is 0.570. The van der Waals surface area contributed by atoms with Crippen molar-refractivity contribution in [2.75, 3.05) is 26.2 Å². The summed E-state index contributed by atoms with van der Waals surface area (Å²) in [5.74, 6) is -1.81. The number of nitrogens with one attached hydrogen (secondary N) is 1. The molecular weight excluding hydrogens is 366 g/mol. The van der Waals surface area contributed by atoms with Gasteiger partial charge in [-0.1, -0.05) is 6.92 Å². The molecule has 0 aromatic heterocycles. The van der Waals surface area contributed by atoms with E-state index in [9.17, 15) is 19.8 Å². The Labute approximate surface area is 164 Å². The maximum absolute atomic E-state index is 12.4. The molecule has 3 saturated heterocycles. The Hall–Kier alpha value is -1.09. The SMILES string of the molecule is C[C@@H](O)[C@H]1C(=O)N2C(C(=O)O)=C(S[C@@H]3CCN(C[C@@H]4CCCN4)C3)[C@H](C)[C@H]12. The lowest BCUT2D eigenvalue weighted by molar-refractivity contribution is -0.163. The molecule has 4 aliphatic heterocycles. The van der Waals surface area contributed by atoms with E-state index in [4.69, 9.17) is 0 Å². The molecule has 3 fully saturated rings. The molecule has 4 aliphatic rings. The second-order valence-corrected chi connectivity index (χ2v) is 9.70. The molecular formula is C19H29N3O4S. The van der Waals surface area contributed by atoms with Gasteiger partial charge in [-0.25, -0.2) is 4.79 Å². The molecule has 0 unspecified atom stereocenters. The standard InChI is InChI=1S/C19H29N3O4S/c1-10-15-14(11(2)23)18(24)22(15)16(19(25)26)17(10)27-13-5-7-21(9-13)8-12-4-3-6-20-12/h10-15,20,23H,3-9H2,1-2H3,(H,25,26)/t10-,11-,12+,13-,14-,15-/m1/s1.